The SMILES string of the molecule is NC(=O)c1nnc(N[C@@H]2CCCC(F)(F)[C@@H]2N)nc1Nc1ccc2c(ccc[n+]2[O-])c1. The van der Waals surface area contributed by atoms with Crippen molar-refractivity contribution in [2.45, 2.75) is 37.3 Å². The molecule has 12 heteroatoms. The van der Waals surface area contributed by atoms with E-state index in [0.717, 1.165) is 4.73 Å². The van der Waals surface area contributed by atoms with E-state index < -0.39 is 23.9 Å². The largest absolute Gasteiger partial charge is 0.618 e. The van der Waals surface area contributed by atoms with Gasteiger partial charge in [-0.05, 0) is 31.0 Å². The van der Waals surface area contributed by atoms with Crippen LogP contribution in [0.5, 0.6) is 0 Å². The highest BCUT2D eigenvalue weighted by Gasteiger charge is 2.45. The van der Waals surface area contributed by atoms with Gasteiger partial charge in [-0.3, -0.25) is 4.79 Å². The molecule has 0 saturated heterocycles. The van der Waals surface area contributed by atoms with Gasteiger partial charge in [-0.1, -0.05) is 0 Å². The Bertz CT molecular complexity index is 1140. The molecule has 1 aliphatic rings. The van der Waals surface area contributed by atoms with E-state index in [1.165, 1.54) is 6.20 Å². The zero-order chi connectivity index (χ0) is 22.2. The number of carbonyl (C=O) groups excluding carboxylic acids is 1. The molecule has 1 amide bonds. The van der Waals surface area contributed by atoms with E-state index in [0.29, 0.717) is 29.4 Å². The Morgan fingerprint density at radius 1 is 1.29 bits per heavy atom. The molecule has 3 aromatic rings. The Hall–Kier alpha value is -3.67. The number of nitrogens with one attached hydrogen (secondary N) is 2. The number of benzene rings is 1. The number of nitrogens with zero attached hydrogens (tertiary/aromatic N) is 4. The number of hydrogen-bond donors (Lipinski definition) is 4. The lowest BCUT2D eigenvalue weighted by Crippen LogP contribution is -2.55. The van der Waals surface area contributed by atoms with Crippen molar-refractivity contribution in [1.29, 1.82) is 0 Å². The van der Waals surface area contributed by atoms with E-state index >= 15 is 0 Å². The third-order valence-corrected chi connectivity index (χ3v) is 5.21. The summed E-state index contributed by atoms with van der Waals surface area (Å²) in [5.41, 5.74) is 11.8. The van der Waals surface area contributed by atoms with Gasteiger partial charge in [-0.15, -0.1) is 10.2 Å². The summed E-state index contributed by atoms with van der Waals surface area (Å²) in [5.74, 6) is -3.94. The van der Waals surface area contributed by atoms with Crippen LogP contribution in [0.1, 0.15) is 29.8 Å². The topological polar surface area (TPSA) is 159 Å². The summed E-state index contributed by atoms with van der Waals surface area (Å²) in [5, 5.41) is 25.8. The highest BCUT2D eigenvalue weighted by Crippen LogP contribution is 2.33. The van der Waals surface area contributed by atoms with Gasteiger partial charge in [0.1, 0.15) is 0 Å². The lowest BCUT2D eigenvalue weighted by atomic mass is 9.87. The number of amides is 1. The molecule has 4 rings (SSSR count). The zero-order valence-corrected chi connectivity index (χ0v) is 16.3. The number of halogens is 2. The van der Waals surface area contributed by atoms with E-state index in [-0.39, 0.29) is 23.9 Å². The average molecular weight is 430 g/mol. The summed E-state index contributed by atoms with van der Waals surface area (Å²) in [6, 6.07) is 6.09. The first kappa shape index (κ1) is 20.6. The molecule has 162 valence electrons. The monoisotopic (exact) mass is 430 g/mol. The van der Waals surface area contributed by atoms with E-state index in [1.807, 2.05) is 0 Å². The molecule has 1 saturated carbocycles. The maximum atomic E-state index is 13.9. The van der Waals surface area contributed by atoms with Crippen molar-refractivity contribution in [2.75, 3.05) is 10.6 Å². The van der Waals surface area contributed by atoms with E-state index in [4.69, 9.17) is 11.5 Å². The van der Waals surface area contributed by atoms with Crippen LogP contribution >= 0.6 is 0 Å². The maximum absolute atomic E-state index is 13.9. The molecule has 0 bridgehead atoms. The Kier molecular flexibility index (Phi) is 5.23. The molecule has 0 unspecified atom stereocenters. The maximum Gasteiger partial charge on any atom is 0.273 e. The number of nitrogens with two attached hydrogens (primary N) is 2. The van der Waals surface area contributed by atoms with Crippen molar-refractivity contribution in [3.05, 3.63) is 47.4 Å². The number of alkyl halides is 2. The zero-order valence-electron chi connectivity index (χ0n) is 16.3. The molecule has 31 heavy (non-hydrogen) atoms. The van der Waals surface area contributed by atoms with Crippen molar-refractivity contribution in [3.8, 4) is 0 Å². The van der Waals surface area contributed by atoms with Crippen LogP contribution in [0.4, 0.5) is 26.2 Å². The van der Waals surface area contributed by atoms with Gasteiger partial charge in [0.25, 0.3) is 11.8 Å². The number of pyridine rings is 1. The Labute approximate surface area is 175 Å². The van der Waals surface area contributed by atoms with Crippen LogP contribution in [0, 0.1) is 5.21 Å². The second-order valence-corrected chi connectivity index (χ2v) is 7.36. The number of fused-ring (bicyclic) bond motifs is 1. The van der Waals surface area contributed by atoms with Crippen LogP contribution in [0.2, 0.25) is 0 Å². The summed E-state index contributed by atoms with van der Waals surface area (Å²) < 4.78 is 28.6. The van der Waals surface area contributed by atoms with Crippen LogP contribution in [0.15, 0.2) is 36.5 Å². The standard InChI is InChI=1S/C19H20F2N8O2/c20-19(21)7-1-4-12(15(19)22)25-18-26-17(14(16(23)30)27-28-18)24-11-5-6-13-10(9-11)3-2-8-29(13)31/h2-3,5-6,8-9,12,15H,1,4,7,22H2,(H2,23,30)(H2,24,25,26,28)/t12-,15-/m1/s1. The number of carbonyl (C=O) groups is 1. The summed E-state index contributed by atoms with van der Waals surface area (Å²) in [6.07, 6.45) is 1.82. The van der Waals surface area contributed by atoms with Crippen molar-refractivity contribution in [1.82, 2.24) is 15.2 Å². The highest BCUT2D eigenvalue weighted by atomic mass is 19.3. The third-order valence-electron chi connectivity index (χ3n) is 5.21. The first-order chi connectivity index (χ1) is 14.7. The van der Waals surface area contributed by atoms with Crippen molar-refractivity contribution in [2.24, 2.45) is 11.5 Å². The van der Waals surface area contributed by atoms with Gasteiger partial charge in [0.2, 0.25) is 11.5 Å². The van der Waals surface area contributed by atoms with Crippen molar-refractivity contribution < 1.29 is 18.3 Å². The fourth-order valence-electron chi connectivity index (χ4n) is 3.57. The molecule has 2 aromatic heterocycles. The summed E-state index contributed by atoms with van der Waals surface area (Å²) in [6.45, 7) is 0. The van der Waals surface area contributed by atoms with Crippen molar-refractivity contribution >= 4 is 34.3 Å². The number of rotatable bonds is 5. The smallest absolute Gasteiger partial charge is 0.273 e. The number of aromatic nitrogens is 4. The minimum absolute atomic E-state index is 0.00794. The molecular weight excluding hydrogens is 410 g/mol. The predicted molar refractivity (Wildman–Crippen MR) is 109 cm³/mol. The lowest BCUT2D eigenvalue weighted by molar-refractivity contribution is -0.577. The second-order valence-electron chi connectivity index (χ2n) is 7.36. The van der Waals surface area contributed by atoms with Crippen LogP contribution in [0.3, 0.4) is 0 Å². The number of primary amides is 1. The Morgan fingerprint density at radius 3 is 2.87 bits per heavy atom. The fourth-order valence-corrected chi connectivity index (χ4v) is 3.57. The van der Waals surface area contributed by atoms with Gasteiger partial charge in [0, 0.05) is 29.6 Å². The molecule has 0 aliphatic heterocycles. The first-order valence-electron chi connectivity index (χ1n) is 9.58. The molecule has 2 heterocycles. The average Bonchev–Trinajstić information content (AvgIpc) is 2.71. The van der Waals surface area contributed by atoms with Gasteiger partial charge >= 0.3 is 0 Å². The van der Waals surface area contributed by atoms with E-state index in [2.05, 4.69) is 25.8 Å². The molecule has 0 spiro atoms. The van der Waals surface area contributed by atoms with Crippen LogP contribution in [-0.4, -0.2) is 39.1 Å². The van der Waals surface area contributed by atoms with Gasteiger partial charge in [-0.2, -0.15) is 9.71 Å². The Morgan fingerprint density at radius 2 is 2.10 bits per heavy atom. The van der Waals surface area contributed by atoms with Gasteiger partial charge in [0.05, 0.1) is 12.1 Å². The van der Waals surface area contributed by atoms with Gasteiger partial charge in [0.15, 0.2) is 17.7 Å². The second kappa shape index (κ2) is 7.87. The predicted octanol–water partition coefficient (Wildman–Crippen LogP) is 1.43. The fraction of sp³-hybridized carbons (Fsp3) is 0.316. The van der Waals surface area contributed by atoms with Crippen molar-refractivity contribution in [3.63, 3.8) is 0 Å². The van der Waals surface area contributed by atoms with E-state index in [1.54, 1.807) is 30.3 Å². The quantitative estimate of drug-likeness (QED) is 0.349. The van der Waals surface area contributed by atoms with Crippen LogP contribution < -0.4 is 26.8 Å². The molecule has 2 atom stereocenters. The van der Waals surface area contributed by atoms with Gasteiger partial charge in [-0.25, -0.2) is 8.78 Å². The summed E-state index contributed by atoms with van der Waals surface area (Å²) in [4.78, 5) is 16.0. The minimum atomic E-state index is -3.00. The lowest BCUT2D eigenvalue weighted by Gasteiger charge is -2.35. The molecule has 6 N–H and O–H groups in total. The molecule has 1 fully saturated rings. The normalized spacial score (nSPS) is 20.4. The molecule has 0 radical (unpaired) electrons. The van der Waals surface area contributed by atoms with Crippen LogP contribution in [-0.2, 0) is 0 Å². The molecule has 1 aromatic carbocycles. The van der Waals surface area contributed by atoms with E-state index in [9.17, 15) is 18.8 Å². The third kappa shape index (κ3) is 4.14. The summed E-state index contributed by atoms with van der Waals surface area (Å²) >= 11 is 0. The molecule has 1 aliphatic carbocycles. The first-order valence-corrected chi connectivity index (χ1v) is 9.58. The Balaban J connectivity index is 1.63. The summed E-state index contributed by atoms with van der Waals surface area (Å²) in [7, 11) is 0. The van der Waals surface area contributed by atoms with Gasteiger partial charge < -0.3 is 27.3 Å². The number of hydrogen-bond acceptors (Lipinski definition) is 8. The number of anilines is 3. The minimum Gasteiger partial charge on any atom is -0.618 e. The molecular formula is C19H20F2N8O2. The molecule has 10 nitrogen and oxygen atoms in total. The van der Waals surface area contributed by atoms with Crippen LogP contribution in [0.25, 0.3) is 10.9 Å². The highest BCUT2D eigenvalue weighted by molar-refractivity contribution is 5.96.